The monoisotopic (exact) mass is 276 g/mol. The van der Waals surface area contributed by atoms with Gasteiger partial charge in [-0.2, -0.15) is 13.2 Å². The van der Waals surface area contributed by atoms with Gasteiger partial charge < -0.3 is 14.3 Å². The van der Waals surface area contributed by atoms with Gasteiger partial charge in [0.05, 0.1) is 14.2 Å². The zero-order valence-corrected chi connectivity index (χ0v) is 10.9. The molecular formula is C13H15F3O3. The van der Waals surface area contributed by atoms with E-state index >= 15 is 0 Å². The fourth-order valence-corrected chi connectivity index (χ4v) is 1.82. The van der Waals surface area contributed by atoms with Gasteiger partial charge in [0.15, 0.2) is 0 Å². The minimum atomic E-state index is -4.55. The van der Waals surface area contributed by atoms with Crippen molar-refractivity contribution in [3.8, 4) is 11.5 Å². The number of halogens is 3. The van der Waals surface area contributed by atoms with E-state index in [0.717, 1.165) is 6.07 Å². The second-order valence-electron chi connectivity index (χ2n) is 4.10. The third-order valence-electron chi connectivity index (χ3n) is 2.82. The maximum absolute atomic E-state index is 13.0. The molecule has 0 aromatic heterocycles. The summed E-state index contributed by atoms with van der Waals surface area (Å²) in [5, 5.41) is 0. The number of hydrogen-bond acceptors (Lipinski definition) is 3. The van der Waals surface area contributed by atoms with Gasteiger partial charge >= 0.3 is 6.18 Å². The molecule has 0 amide bonds. The van der Waals surface area contributed by atoms with Crippen molar-refractivity contribution in [1.29, 1.82) is 0 Å². The number of alkyl halides is 3. The number of carbonyl (C=O) groups excluding carboxylic acids is 1. The molecule has 1 atom stereocenters. The molecule has 19 heavy (non-hydrogen) atoms. The fourth-order valence-electron chi connectivity index (χ4n) is 1.82. The molecule has 0 heterocycles. The Morgan fingerprint density at radius 3 is 2.32 bits per heavy atom. The van der Waals surface area contributed by atoms with Gasteiger partial charge in [0.2, 0.25) is 0 Å². The maximum Gasteiger partial charge on any atom is 0.420 e. The van der Waals surface area contributed by atoms with Crippen molar-refractivity contribution in [2.24, 2.45) is 0 Å². The van der Waals surface area contributed by atoms with Gasteiger partial charge in [-0.1, -0.05) is 6.92 Å². The van der Waals surface area contributed by atoms with Crippen LogP contribution in [0.5, 0.6) is 11.5 Å². The van der Waals surface area contributed by atoms with Crippen LogP contribution in [-0.4, -0.2) is 20.5 Å². The molecule has 1 unspecified atom stereocenters. The second-order valence-corrected chi connectivity index (χ2v) is 4.10. The molecule has 106 valence electrons. The topological polar surface area (TPSA) is 35.5 Å². The first-order valence-corrected chi connectivity index (χ1v) is 5.61. The third kappa shape index (κ3) is 3.39. The first-order chi connectivity index (χ1) is 8.85. The van der Waals surface area contributed by atoms with Crippen LogP contribution in [-0.2, 0) is 11.0 Å². The quantitative estimate of drug-likeness (QED) is 0.773. The zero-order valence-electron chi connectivity index (χ0n) is 10.9. The normalized spacial score (nSPS) is 12.9. The summed E-state index contributed by atoms with van der Waals surface area (Å²) in [4.78, 5) is 10.5. The summed E-state index contributed by atoms with van der Waals surface area (Å²) >= 11 is 0. The van der Waals surface area contributed by atoms with Crippen LogP contribution in [0.15, 0.2) is 12.1 Å². The van der Waals surface area contributed by atoms with Gasteiger partial charge in [-0.25, -0.2) is 0 Å². The van der Waals surface area contributed by atoms with Crippen molar-refractivity contribution >= 4 is 6.29 Å². The molecule has 3 nitrogen and oxygen atoms in total. The Hall–Kier alpha value is -1.72. The molecule has 0 saturated carbocycles. The molecule has 1 rings (SSSR count). The summed E-state index contributed by atoms with van der Waals surface area (Å²) in [6, 6.07) is 2.35. The van der Waals surface area contributed by atoms with Crippen molar-refractivity contribution in [1.82, 2.24) is 0 Å². The Morgan fingerprint density at radius 1 is 1.26 bits per heavy atom. The highest BCUT2D eigenvalue weighted by atomic mass is 19.4. The number of aldehydes is 1. The van der Waals surface area contributed by atoms with Crippen LogP contribution in [0, 0.1) is 0 Å². The average Bonchev–Trinajstić information content (AvgIpc) is 2.36. The highest BCUT2D eigenvalue weighted by Crippen LogP contribution is 2.43. The second kappa shape index (κ2) is 5.95. The van der Waals surface area contributed by atoms with Crippen LogP contribution >= 0.6 is 0 Å². The first kappa shape index (κ1) is 15.3. The van der Waals surface area contributed by atoms with Crippen molar-refractivity contribution in [3.63, 3.8) is 0 Å². The number of ether oxygens (including phenoxy) is 2. The molecule has 0 aliphatic heterocycles. The van der Waals surface area contributed by atoms with Gasteiger partial charge in [-0.3, -0.25) is 0 Å². The van der Waals surface area contributed by atoms with E-state index in [2.05, 4.69) is 0 Å². The number of hydrogen-bond donors (Lipinski definition) is 0. The predicted molar refractivity (Wildman–Crippen MR) is 63.6 cm³/mol. The zero-order chi connectivity index (χ0) is 14.6. The molecule has 0 aliphatic rings. The van der Waals surface area contributed by atoms with E-state index in [0.29, 0.717) is 11.8 Å². The minimum Gasteiger partial charge on any atom is -0.497 e. The van der Waals surface area contributed by atoms with E-state index in [4.69, 9.17) is 9.47 Å². The van der Waals surface area contributed by atoms with E-state index in [9.17, 15) is 18.0 Å². The van der Waals surface area contributed by atoms with Crippen LogP contribution in [0.4, 0.5) is 13.2 Å². The van der Waals surface area contributed by atoms with Crippen molar-refractivity contribution < 1.29 is 27.4 Å². The Labute approximate surface area is 109 Å². The summed E-state index contributed by atoms with van der Waals surface area (Å²) in [5.74, 6) is -0.563. The molecule has 6 heteroatoms. The summed E-state index contributed by atoms with van der Waals surface area (Å²) in [6.07, 6.45) is -3.77. The van der Waals surface area contributed by atoms with Gasteiger partial charge in [0.25, 0.3) is 0 Å². The molecular weight excluding hydrogens is 261 g/mol. The lowest BCUT2D eigenvalue weighted by Crippen LogP contribution is -2.11. The largest absolute Gasteiger partial charge is 0.497 e. The van der Waals surface area contributed by atoms with Crippen molar-refractivity contribution in [2.45, 2.75) is 25.4 Å². The molecule has 0 saturated heterocycles. The molecule has 0 aliphatic carbocycles. The van der Waals surface area contributed by atoms with E-state index in [1.54, 1.807) is 6.92 Å². The smallest absolute Gasteiger partial charge is 0.420 e. The van der Waals surface area contributed by atoms with Crippen molar-refractivity contribution in [2.75, 3.05) is 14.2 Å². The lowest BCUT2D eigenvalue weighted by Gasteiger charge is -2.20. The summed E-state index contributed by atoms with van der Waals surface area (Å²) < 4.78 is 48.7. The Balaban J connectivity index is 3.47. The first-order valence-electron chi connectivity index (χ1n) is 5.61. The maximum atomic E-state index is 13.0. The lowest BCUT2D eigenvalue weighted by molar-refractivity contribution is -0.138. The van der Waals surface area contributed by atoms with E-state index in [-0.39, 0.29) is 23.8 Å². The van der Waals surface area contributed by atoms with Gasteiger partial charge in [-0.15, -0.1) is 0 Å². The Kier molecular flexibility index (Phi) is 4.80. The fraction of sp³-hybridized carbons (Fsp3) is 0.462. The van der Waals surface area contributed by atoms with Crippen LogP contribution in [0.25, 0.3) is 0 Å². The minimum absolute atomic E-state index is 0.0841. The van der Waals surface area contributed by atoms with E-state index in [1.807, 2.05) is 0 Å². The number of carbonyl (C=O) groups is 1. The predicted octanol–water partition coefficient (Wildman–Crippen LogP) is 3.42. The molecule has 0 N–H and O–H groups in total. The molecule has 0 radical (unpaired) electrons. The number of benzene rings is 1. The SMILES string of the molecule is COc1cc(C(C)CC=O)c(OC)c(C(F)(F)F)c1. The summed E-state index contributed by atoms with van der Waals surface area (Å²) in [5.41, 5.74) is -0.594. The van der Waals surface area contributed by atoms with Gasteiger partial charge in [0, 0.05) is 12.0 Å². The molecule has 1 aromatic rings. The average molecular weight is 276 g/mol. The number of rotatable bonds is 5. The molecule has 0 fully saturated rings. The molecule has 0 bridgehead atoms. The third-order valence-corrected chi connectivity index (χ3v) is 2.82. The summed E-state index contributed by atoms with van der Waals surface area (Å²) in [6.45, 7) is 1.66. The molecule has 1 aromatic carbocycles. The van der Waals surface area contributed by atoms with Gasteiger partial charge in [0.1, 0.15) is 23.3 Å². The standard InChI is InChI=1S/C13H15F3O3/c1-8(4-5-17)10-6-9(18-2)7-11(12(10)19-3)13(14,15)16/h5-8H,4H2,1-3H3. The van der Waals surface area contributed by atoms with E-state index < -0.39 is 11.7 Å². The van der Waals surface area contributed by atoms with Crippen LogP contribution in [0.3, 0.4) is 0 Å². The van der Waals surface area contributed by atoms with Crippen molar-refractivity contribution in [3.05, 3.63) is 23.3 Å². The van der Waals surface area contributed by atoms with Crippen LogP contribution in [0.2, 0.25) is 0 Å². The Bertz CT molecular complexity index is 455. The van der Waals surface area contributed by atoms with Gasteiger partial charge in [-0.05, 0) is 18.1 Å². The Morgan fingerprint density at radius 2 is 1.89 bits per heavy atom. The van der Waals surface area contributed by atoms with Crippen LogP contribution < -0.4 is 9.47 Å². The number of methoxy groups -OCH3 is 2. The highest BCUT2D eigenvalue weighted by Gasteiger charge is 2.36. The van der Waals surface area contributed by atoms with Crippen LogP contribution in [0.1, 0.15) is 30.4 Å². The highest BCUT2D eigenvalue weighted by molar-refractivity contribution is 5.55. The lowest BCUT2D eigenvalue weighted by atomic mass is 9.94. The summed E-state index contributed by atoms with van der Waals surface area (Å²) in [7, 11) is 2.46. The molecule has 0 spiro atoms. The van der Waals surface area contributed by atoms with E-state index in [1.165, 1.54) is 20.3 Å².